The Labute approximate surface area is 159 Å². The van der Waals surface area contributed by atoms with Crippen molar-refractivity contribution in [3.05, 3.63) is 59.7 Å². The number of rotatable bonds is 10. The van der Waals surface area contributed by atoms with E-state index in [9.17, 15) is 9.59 Å². The SMILES string of the molecule is CC(C)c1cccc(OCC(=O)NCCc2ccc(OCC(=O)O)cc2)c1. The fourth-order valence-electron chi connectivity index (χ4n) is 2.41. The summed E-state index contributed by atoms with van der Waals surface area (Å²) in [5, 5.41) is 11.4. The molecule has 0 atom stereocenters. The Morgan fingerprint density at radius 1 is 1.00 bits per heavy atom. The number of amides is 1. The molecule has 6 heteroatoms. The molecule has 0 radical (unpaired) electrons. The van der Waals surface area contributed by atoms with Gasteiger partial charge in [0, 0.05) is 6.54 Å². The lowest BCUT2D eigenvalue weighted by Gasteiger charge is -2.10. The summed E-state index contributed by atoms with van der Waals surface area (Å²) in [7, 11) is 0. The monoisotopic (exact) mass is 371 g/mol. The van der Waals surface area contributed by atoms with Gasteiger partial charge in [-0.25, -0.2) is 4.79 Å². The second-order valence-corrected chi connectivity index (χ2v) is 6.44. The van der Waals surface area contributed by atoms with Crippen LogP contribution >= 0.6 is 0 Å². The molecule has 0 unspecified atom stereocenters. The van der Waals surface area contributed by atoms with Crippen molar-refractivity contribution in [3.8, 4) is 11.5 Å². The molecular weight excluding hydrogens is 346 g/mol. The molecule has 0 aromatic heterocycles. The lowest BCUT2D eigenvalue weighted by Crippen LogP contribution is -2.30. The molecular formula is C21H25NO5. The van der Waals surface area contributed by atoms with Crippen LogP contribution in [0.1, 0.15) is 30.9 Å². The minimum atomic E-state index is -1.01. The number of nitrogens with one attached hydrogen (secondary N) is 1. The first kappa shape index (κ1) is 20.3. The van der Waals surface area contributed by atoms with E-state index in [2.05, 4.69) is 19.2 Å². The first-order valence-electron chi connectivity index (χ1n) is 8.87. The van der Waals surface area contributed by atoms with E-state index in [0.717, 1.165) is 5.56 Å². The van der Waals surface area contributed by atoms with E-state index in [-0.39, 0.29) is 19.1 Å². The van der Waals surface area contributed by atoms with E-state index in [4.69, 9.17) is 14.6 Å². The van der Waals surface area contributed by atoms with E-state index in [0.29, 0.717) is 30.4 Å². The maximum atomic E-state index is 11.9. The molecule has 0 saturated carbocycles. The molecule has 2 aromatic rings. The van der Waals surface area contributed by atoms with Gasteiger partial charge in [-0.3, -0.25) is 4.79 Å². The first-order chi connectivity index (χ1) is 12.9. The van der Waals surface area contributed by atoms with E-state index in [1.54, 1.807) is 12.1 Å². The lowest BCUT2D eigenvalue weighted by atomic mass is 10.0. The zero-order valence-corrected chi connectivity index (χ0v) is 15.6. The van der Waals surface area contributed by atoms with Crippen LogP contribution in [-0.2, 0) is 16.0 Å². The smallest absolute Gasteiger partial charge is 0.341 e. The summed E-state index contributed by atoms with van der Waals surface area (Å²) in [6.07, 6.45) is 0.661. The lowest BCUT2D eigenvalue weighted by molar-refractivity contribution is -0.139. The molecule has 0 aliphatic carbocycles. The van der Waals surface area contributed by atoms with Crippen molar-refractivity contribution in [1.82, 2.24) is 5.32 Å². The van der Waals surface area contributed by atoms with Crippen LogP contribution < -0.4 is 14.8 Å². The third kappa shape index (κ3) is 7.40. The number of carbonyl (C=O) groups excluding carboxylic acids is 1. The molecule has 0 heterocycles. The Hall–Kier alpha value is -3.02. The summed E-state index contributed by atoms with van der Waals surface area (Å²) in [6.45, 7) is 4.32. The third-order valence-electron chi connectivity index (χ3n) is 3.92. The number of hydrogen-bond donors (Lipinski definition) is 2. The molecule has 1 amide bonds. The van der Waals surface area contributed by atoms with Crippen molar-refractivity contribution in [2.75, 3.05) is 19.8 Å². The summed E-state index contributed by atoms with van der Waals surface area (Å²) in [6, 6.07) is 14.9. The van der Waals surface area contributed by atoms with Gasteiger partial charge in [-0.15, -0.1) is 0 Å². The Morgan fingerprint density at radius 2 is 1.70 bits per heavy atom. The van der Waals surface area contributed by atoms with Crippen molar-refractivity contribution in [2.24, 2.45) is 0 Å². The largest absolute Gasteiger partial charge is 0.484 e. The highest BCUT2D eigenvalue weighted by atomic mass is 16.5. The molecule has 2 aromatic carbocycles. The normalized spacial score (nSPS) is 10.5. The second kappa shape index (κ2) is 10.2. The van der Waals surface area contributed by atoms with Crippen LogP contribution in [0.3, 0.4) is 0 Å². The highest BCUT2D eigenvalue weighted by molar-refractivity contribution is 5.77. The average Bonchev–Trinajstić information content (AvgIpc) is 2.66. The molecule has 0 aliphatic rings. The number of carboxylic acids is 1. The first-order valence-corrected chi connectivity index (χ1v) is 8.87. The Balaban J connectivity index is 1.70. The van der Waals surface area contributed by atoms with Crippen molar-refractivity contribution in [2.45, 2.75) is 26.2 Å². The molecule has 27 heavy (non-hydrogen) atoms. The topological polar surface area (TPSA) is 84.9 Å². The van der Waals surface area contributed by atoms with E-state index < -0.39 is 5.97 Å². The number of aliphatic carboxylic acids is 1. The summed E-state index contributed by atoms with van der Waals surface area (Å²) in [5.41, 5.74) is 2.19. The van der Waals surface area contributed by atoms with Gasteiger partial charge in [-0.05, 0) is 47.7 Å². The molecule has 2 rings (SSSR count). The van der Waals surface area contributed by atoms with E-state index in [1.165, 1.54) is 5.56 Å². The Bertz CT molecular complexity index is 755. The zero-order chi connectivity index (χ0) is 19.6. The van der Waals surface area contributed by atoms with Crippen molar-refractivity contribution in [1.29, 1.82) is 0 Å². The van der Waals surface area contributed by atoms with Gasteiger partial charge >= 0.3 is 5.97 Å². The van der Waals surface area contributed by atoms with Gasteiger partial charge in [0.25, 0.3) is 5.91 Å². The molecule has 144 valence electrons. The van der Waals surface area contributed by atoms with Crippen LogP contribution in [0, 0.1) is 0 Å². The van der Waals surface area contributed by atoms with Crippen molar-refractivity contribution < 1.29 is 24.2 Å². The van der Waals surface area contributed by atoms with Crippen LogP contribution in [0.2, 0.25) is 0 Å². The average molecular weight is 371 g/mol. The standard InChI is InChI=1S/C21H25NO5/c1-15(2)17-4-3-5-19(12-17)26-13-20(23)22-11-10-16-6-8-18(9-7-16)27-14-21(24)25/h3-9,12,15H,10-11,13-14H2,1-2H3,(H,22,23)(H,24,25). The highest BCUT2D eigenvalue weighted by Gasteiger charge is 2.05. The van der Waals surface area contributed by atoms with Gasteiger partial charge < -0.3 is 19.9 Å². The molecule has 0 saturated heterocycles. The van der Waals surface area contributed by atoms with Gasteiger partial charge in [0.1, 0.15) is 11.5 Å². The quantitative estimate of drug-likeness (QED) is 0.671. The maximum Gasteiger partial charge on any atom is 0.341 e. The van der Waals surface area contributed by atoms with Crippen LogP contribution in [0.25, 0.3) is 0 Å². The van der Waals surface area contributed by atoms with Gasteiger partial charge in [-0.2, -0.15) is 0 Å². The number of hydrogen-bond acceptors (Lipinski definition) is 4. The van der Waals surface area contributed by atoms with Crippen LogP contribution in [-0.4, -0.2) is 36.7 Å². The second-order valence-electron chi connectivity index (χ2n) is 6.44. The van der Waals surface area contributed by atoms with E-state index in [1.807, 2.05) is 36.4 Å². The zero-order valence-electron chi connectivity index (χ0n) is 15.6. The Morgan fingerprint density at radius 3 is 2.37 bits per heavy atom. The van der Waals surface area contributed by atoms with E-state index >= 15 is 0 Å². The van der Waals surface area contributed by atoms with Crippen LogP contribution in [0.15, 0.2) is 48.5 Å². The molecule has 0 fully saturated rings. The number of benzene rings is 2. The summed E-state index contributed by atoms with van der Waals surface area (Å²) < 4.78 is 10.6. The molecule has 0 spiro atoms. The molecule has 2 N–H and O–H groups in total. The third-order valence-corrected chi connectivity index (χ3v) is 3.92. The van der Waals surface area contributed by atoms with Gasteiger partial charge in [-0.1, -0.05) is 38.1 Å². The van der Waals surface area contributed by atoms with Gasteiger partial charge in [0.05, 0.1) is 0 Å². The number of carboxylic acid groups (broad SMARTS) is 1. The van der Waals surface area contributed by atoms with Crippen molar-refractivity contribution >= 4 is 11.9 Å². The number of carbonyl (C=O) groups is 2. The number of ether oxygens (including phenoxy) is 2. The maximum absolute atomic E-state index is 11.9. The fraction of sp³-hybridized carbons (Fsp3) is 0.333. The van der Waals surface area contributed by atoms with Crippen LogP contribution in [0.5, 0.6) is 11.5 Å². The highest BCUT2D eigenvalue weighted by Crippen LogP contribution is 2.20. The summed E-state index contributed by atoms with van der Waals surface area (Å²) >= 11 is 0. The minimum absolute atomic E-state index is 0.0243. The summed E-state index contributed by atoms with van der Waals surface area (Å²) in [4.78, 5) is 22.4. The predicted molar refractivity (Wildman–Crippen MR) is 102 cm³/mol. The molecule has 0 aliphatic heterocycles. The fourth-order valence-corrected chi connectivity index (χ4v) is 2.41. The Kier molecular flexibility index (Phi) is 7.67. The predicted octanol–water partition coefficient (Wildman–Crippen LogP) is 3.01. The van der Waals surface area contributed by atoms with Gasteiger partial charge in [0.2, 0.25) is 0 Å². The molecule has 0 bridgehead atoms. The summed E-state index contributed by atoms with van der Waals surface area (Å²) in [5.74, 6) is 0.408. The van der Waals surface area contributed by atoms with Gasteiger partial charge in [0.15, 0.2) is 13.2 Å². The van der Waals surface area contributed by atoms with Crippen LogP contribution in [0.4, 0.5) is 0 Å². The molecule has 6 nitrogen and oxygen atoms in total. The minimum Gasteiger partial charge on any atom is -0.484 e. The van der Waals surface area contributed by atoms with Crippen molar-refractivity contribution in [3.63, 3.8) is 0 Å².